The topological polar surface area (TPSA) is 0 Å². The minimum absolute atomic E-state index is 0. The smallest absolute Gasteiger partial charge is 0.114 e. The monoisotopic (exact) mass is 486 g/mol. The van der Waals surface area contributed by atoms with Crippen LogP contribution in [0.1, 0.15) is 72.2 Å². The number of alkyl halides is 2. The van der Waals surface area contributed by atoms with Crippen LogP contribution in [-0.4, -0.2) is 9.52 Å². The van der Waals surface area contributed by atoms with Crippen molar-refractivity contribution < 1.29 is 21.7 Å². The molecule has 0 nitrogen and oxygen atoms in total. The minimum Gasteiger partial charge on any atom is -0.114 e. The van der Waals surface area contributed by atoms with Crippen molar-refractivity contribution in [3.63, 3.8) is 0 Å². The van der Waals surface area contributed by atoms with E-state index in [1.54, 1.807) is 0 Å². The Labute approximate surface area is 208 Å². The van der Waals surface area contributed by atoms with Crippen LogP contribution >= 0.6 is 23.2 Å². The predicted octanol–water partition coefficient (Wildman–Crippen LogP) is 7.72. The van der Waals surface area contributed by atoms with Gasteiger partial charge in [-0.3, -0.25) is 0 Å². The van der Waals surface area contributed by atoms with Gasteiger partial charge in [-0.05, 0) is 122 Å². The zero-order valence-electron chi connectivity index (χ0n) is 19.1. The summed E-state index contributed by atoms with van der Waals surface area (Å²) in [5.74, 6) is 0. The molecule has 0 heterocycles. The molecule has 4 heteroatoms. The summed E-state index contributed by atoms with van der Waals surface area (Å²) in [5, 5.41) is 0. The molecule has 2 atom stereocenters. The van der Waals surface area contributed by atoms with Crippen LogP contribution in [-0.2, 0) is 30.7 Å². The van der Waals surface area contributed by atoms with Crippen molar-refractivity contribution in [3.05, 3.63) is 79.9 Å². The van der Waals surface area contributed by atoms with Gasteiger partial charge >= 0.3 is 0 Å². The van der Waals surface area contributed by atoms with Gasteiger partial charge in [0.15, 0.2) is 0 Å². The molecule has 0 amide bonds. The van der Waals surface area contributed by atoms with Gasteiger partial charge in [-0.15, -0.1) is 23.2 Å². The number of hydrogen-bond acceptors (Lipinski definition) is 0. The molecule has 30 heavy (non-hydrogen) atoms. The molecule has 2 aromatic carbocycles. The zero-order valence-corrected chi connectivity index (χ0v) is 23.1. The van der Waals surface area contributed by atoms with Crippen LogP contribution in [0.2, 0.25) is 0 Å². The van der Waals surface area contributed by atoms with Crippen molar-refractivity contribution in [2.45, 2.75) is 64.4 Å². The Kier molecular flexibility index (Phi) is 6.25. The van der Waals surface area contributed by atoms with Crippen molar-refractivity contribution >= 4 is 43.9 Å². The first-order valence-corrected chi connectivity index (χ1v) is 12.0. The molecule has 0 saturated heterocycles. The third-order valence-electron chi connectivity index (χ3n) is 7.19. The van der Waals surface area contributed by atoms with Gasteiger partial charge in [-0.25, -0.2) is 0 Å². The molecule has 0 bridgehead atoms. The molecule has 0 saturated carbocycles. The summed E-state index contributed by atoms with van der Waals surface area (Å²) in [7, 11) is 0.313. The molecule has 0 aliphatic heterocycles. The second-order valence-electron chi connectivity index (χ2n) is 8.84. The van der Waals surface area contributed by atoms with Gasteiger partial charge < -0.3 is 0 Å². The predicted molar refractivity (Wildman–Crippen MR) is 129 cm³/mol. The largest absolute Gasteiger partial charge is 0.118 e. The quantitative estimate of drug-likeness (QED) is 0.301. The first-order valence-electron chi connectivity index (χ1n) is 10.2. The fourth-order valence-electron chi connectivity index (χ4n) is 5.29. The molecule has 0 N–H and O–H groups in total. The van der Waals surface area contributed by atoms with E-state index >= 15 is 0 Å². The van der Waals surface area contributed by atoms with E-state index in [-0.39, 0.29) is 21.7 Å². The third-order valence-corrected chi connectivity index (χ3v) is 10.6. The summed E-state index contributed by atoms with van der Waals surface area (Å²) >= 11 is 15.2. The van der Waals surface area contributed by atoms with Gasteiger partial charge in [0.1, 0.15) is 9.52 Å². The van der Waals surface area contributed by atoms with Crippen molar-refractivity contribution in [1.82, 2.24) is 0 Å². The molecule has 2 aliphatic rings. The van der Waals surface area contributed by atoms with Gasteiger partial charge in [0.25, 0.3) is 0 Å². The number of rotatable bonds is 2. The number of aryl methyl sites for hydroxylation is 4. The molecule has 2 radical (unpaired) electrons. The number of benzene rings is 2. The average Bonchev–Trinajstić information content (AvgIpc) is 2.98. The summed E-state index contributed by atoms with van der Waals surface area (Å²) in [6, 6.07) is 8.82. The van der Waals surface area contributed by atoms with E-state index < -0.39 is 8.99 Å². The first kappa shape index (κ1) is 24.1. The first-order chi connectivity index (χ1) is 13.4. The number of hydrogen-bond donors (Lipinski definition) is 0. The fraction of sp³-hybridized carbons (Fsp3) is 0.385. The zero-order chi connectivity index (χ0) is 21.5. The van der Waals surface area contributed by atoms with Crippen LogP contribution < -0.4 is 0 Å². The molecule has 0 spiro atoms. The van der Waals surface area contributed by atoms with Crippen molar-refractivity contribution in [3.8, 4) is 0 Å². The maximum absolute atomic E-state index is 7.61. The molecule has 2 aliphatic carbocycles. The van der Waals surface area contributed by atoms with Crippen LogP contribution in [0.15, 0.2) is 35.4 Å². The Morgan fingerprint density at radius 1 is 0.567 bits per heavy atom. The van der Waals surface area contributed by atoms with E-state index in [1.807, 2.05) is 0 Å². The van der Waals surface area contributed by atoms with Crippen molar-refractivity contribution in [2.75, 3.05) is 0 Å². The molecular formula is C26H28Cl2SiTi. The Bertz CT molecular complexity index is 1050. The molecule has 2 unspecified atom stereocenters. The summed E-state index contributed by atoms with van der Waals surface area (Å²) < 4.78 is -1.15. The van der Waals surface area contributed by atoms with E-state index in [0.29, 0.717) is 9.52 Å². The summed E-state index contributed by atoms with van der Waals surface area (Å²) in [6.45, 7) is 17.5. The van der Waals surface area contributed by atoms with Crippen LogP contribution in [0.4, 0.5) is 0 Å². The van der Waals surface area contributed by atoms with E-state index in [9.17, 15) is 0 Å². The minimum atomic E-state index is -0.573. The SMILES string of the molecule is CC1=C(C)C(Cl)([Si]C2(Cl)C(C)=C(C)c3c(C)ccc(C)c32)c2c(C)ccc(C)c21.[Ti]. The third kappa shape index (κ3) is 3.04. The maximum Gasteiger partial charge on any atom is 0.118 e. The van der Waals surface area contributed by atoms with Crippen molar-refractivity contribution in [2.24, 2.45) is 0 Å². The number of allylic oxidation sites excluding steroid dienone is 4. The molecule has 0 fully saturated rings. The fourth-order valence-corrected chi connectivity index (χ4v) is 9.18. The Balaban J connectivity index is 0.00000256. The van der Waals surface area contributed by atoms with E-state index in [0.717, 1.165) is 0 Å². The Morgan fingerprint density at radius 3 is 1.20 bits per heavy atom. The standard InChI is InChI=1S/C26H28Cl2Si.Ti/c1-13-9-11-15(3)23-21(13)17(5)19(7)25(23,27)29-26(28)20(8)18(6)22-14(2)10-12-16(4)24(22)26;/h9-12H,1-8H3;. The summed E-state index contributed by atoms with van der Waals surface area (Å²) in [6.07, 6.45) is 0. The Hall–Kier alpha value is -0.569. The van der Waals surface area contributed by atoms with Gasteiger partial charge in [0.05, 0.1) is 8.99 Å². The molecule has 0 aromatic heterocycles. The van der Waals surface area contributed by atoms with Crippen LogP contribution in [0.5, 0.6) is 0 Å². The van der Waals surface area contributed by atoms with Gasteiger partial charge in [0, 0.05) is 21.7 Å². The average molecular weight is 487 g/mol. The maximum atomic E-state index is 7.61. The van der Waals surface area contributed by atoms with Crippen molar-refractivity contribution in [1.29, 1.82) is 0 Å². The van der Waals surface area contributed by atoms with Crippen LogP contribution in [0, 0.1) is 27.7 Å². The normalized spacial score (nSPS) is 24.9. The summed E-state index contributed by atoms with van der Waals surface area (Å²) in [5.41, 5.74) is 15.4. The number of halogens is 2. The Morgan fingerprint density at radius 2 is 0.867 bits per heavy atom. The molecule has 2 aromatic rings. The molecule has 4 rings (SSSR count). The van der Waals surface area contributed by atoms with E-state index in [1.165, 1.54) is 66.8 Å². The summed E-state index contributed by atoms with van der Waals surface area (Å²) in [4.78, 5) is 0. The van der Waals surface area contributed by atoms with E-state index in [2.05, 4.69) is 79.7 Å². The van der Waals surface area contributed by atoms with Crippen LogP contribution in [0.25, 0.3) is 11.1 Å². The molecular weight excluding hydrogens is 459 g/mol. The van der Waals surface area contributed by atoms with Gasteiger partial charge in [0.2, 0.25) is 0 Å². The van der Waals surface area contributed by atoms with Crippen LogP contribution in [0.3, 0.4) is 0 Å². The van der Waals surface area contributed by atoms with E-state index in [4.69, 9.17) is 23.2 Å². The second kappa shape index (κ2) is 7.78. The van der Waals surface area contributed by atoms with Gasteiger partial charge in [-0.2, -0.15) is 0 Å². The van der Waals surface area contributed by atoms with Gasteiger partial charge in [-0.1, -0.05) is 24.3 Å². The second-order valence-corrected chi connectivity index (χ2v) is 12.4. The number of fused-ring (bicyclic) bond motifs is 2. The molecule has 154 valence electrons.